The topological polar surface area (TPSA) is 75.7 Å². The number of benzene rings is 2. The smallest absolute Gasteiger partial charge is 0.243 e. The monoisotopic (exact) mass is 442 g/mol. The molecule has 0 radical (unpaired) electrons. The maximum atomic E-state index is 13.2. The van der Waals surface area contributed by atoms with Gasteiger partial charge in [0.2, 0.25) is 15.9 Å². The molecule has 2 heterocycles. The third-order valence-corrected chi connectivity index (χ3v) is 7.99. The van der Waals surface area contributed by atoms with Crippen molar-refractivity contribution in [2.75, 3.05) is 13.1 Å². The second kappa shape index (κ2) is 8.28. The van der Waals surface area contributed by atoms with E-state index < -0.39 is 10.0 Å². The molecule has 166 valence electrons. The summed E-state index contributed by atoms with van der Waals surface area (Å²) in [6, 6.07) is 14.5. The van der Waals surface area contributed by atoms with E-state index in [4.69, 9.17) is 4.74 Å². The number of hydrogen-bond donors (Lipinski definition) is 1. The quantitative estimate of drug-likeness (QED) is 0.781. The van der Waals surface area contributed by atoms with Crippen LogP contribution in [0.5, 0.6) is 5.75 Å². The first kappa shape index (κ1) is 21.8. The van der Waals surface area contributed by atoms with E-state index in [1.165, 1.54) is 4.31 Å². The molecular weight excluding hydrogens is 412 g/mol. The lowest BCUT2D eigenvalue weighted by Crippen LogP contribution is -2.47. The van der Waals surface area contributed by atoms with E-state index in [1.807, 2.05) is 45.0 Å². The SMILES string of the molecule is Cc1ccc(S(=O)(=O)N2CCC[C@H](C(=O)N[C@@H]3CC(C)(C)Oc4ccccc43)C2)cc1. The van der Waals surface area contributed by atoms with E-state index in [0.29, 0.717) is 25.8 Å². The van der Waals surface area contributed by atoms with Crippen LogP contribution in [-0.2, 0) is 14.8 Å². The maximum absolute atomic E-state index is 13.2. The van der Waals surface area contributed by atoms with Crippen LogP contribution < -0.4 is 10.1 Å². The van der Waals surface area contributed by atoms with Gasteiger partial charge in [0.15, 0.2) is 0 Å². The number of hydrogen-bond acceptors (Lipinski definition) is 4. The first-order chi connectivity index (χ1) is 14.7. The summed E-state index contributed by atoms with van der Waals surface area (Å²) in [5, 5.41) is 3.18. The number of sulfonamides is 1. The van der Waals surface area contributed by atoms with Crippen molar-refractivity contribution < 1.29 is 17.9 Å². The van der Waals surface area contributed by atoms with Crippen molar-refractivity contribution in [3.63, 3.8) is 0 Å². The number of piperidine rings is 1. The lowest BCUT2D eigenvalue weighted by Gasteiger charge is -2.39. The third kappa shape index (κ3) is 4.62. The molecule has 0 saturated carbocycles. The van der Waals surface area contributed by atoms with Gasteiger partial charge < -0.3 is 10.1 Å². The normalized spacial score (nSPS) is 23.5. The van der Waals surface area contributed by atoms with Crippen LogP contribution in [0.1, 0.15) is 50.3 Å². The number of nitrogens with zero attached hydrogens (tertiary/aromatic N) is 1. The molecule has 4 rings (SSSR count). The Bertz CT molecular complexity index is 1060. The van der Waals surface area contributed by atoms with Gasteiger partial charge in [0.05, 0.1) is 16.9 Å². The third-order valence-electron chi connectivity index (χ3n) is 6.11. The number of nitrogens with one attached hydrogen (secondary N) is 1. The number of carbonyl (C=O) groups excluding carboxylic acids is 1. The fourth-order valence-corrected chi connectivity index (χ4v) is 5.98. The molecule has 1 fully saturated rings. The molecule has 0 aliphatic carbocycles. The maximum Gasteiger partial charge on any atom is 0.243 e. The highest BCUT2D eigenvalue weighted by Crippen LogP contribution is 2.39. The highest BCUT2D eigenvalue weighted by atomic mass is 32.2. The van der Waals surface area contributed by atoms with Crippen LogP contribution in [0.2, 0.25) is 0 Å². The molecule has 0 aromatic heterocycles. The molecule has 7 heteroatoms. The number of aryl methyl sites for hydroxylation is 1. The lowest BCUT2D eigenvalue weighted by molar-refractivity contribution is -0.127. The molecule has 0 unspecified atom stereocenters. The van der Waals surface area contributed by atoms with E-state index >= 15 is 0 Å². The van der Waals surface area contributed by atoms with E-state index in [1.54, 1.807) is 24.3 Å². The standard InChI is InChI=1S/C24H30N2O4S/c1-17-10-12-19(13-11-17)31(28,29)26-14-6-7-18(16-26)23(27)25-21-15-24(2,3)30-22-9-5-4-8-20(21)22/h4-5,8-13,18,21H,6-7,14-16H2,1-3H3,(H,25,27)/t18-,21+/m0/s1. The van der Waals surface area contributed by atoms with Crippen molar-refractivity contribution in [3.05, 3.63) is 59.7 Å². The lowest BCUT2D eigenvalue weighted by atomic mass is 9.89. The second-order valence-electron chi connectivity index (χ2n) is 9.18. The number of carbonyl (C=O) groups is 1. The van der Waals surface area contributed by atoms with Gasteiger partial charge in [0.1, 0.15) is 11.4 Å². The summed E-state index contributed by atoms with van der Waals surface area (Å²) >= 11 is 0. The average molecular weight is 443 g/mol. The molecule has 0 bridgehead atoms. The van der Waals surface area contributed by atoms with Crippen LogP contribution in [-0.4, -0.2) is 37.3 Å². The molecule has 0 spiro atoms. The molecule has 2 atom stereocenters. The summed E-state index contributed by atoms with van der Waals surface area (Å²) in [4.78, 5) is 13.4. The van der Waals surface area contributed by atoms with Gasteiger partial charge in [0.25, 0.3) is 0 Å². The van der Waals surface area contributed by atoms with Crippen LogP contribution in [0.4, 0.5) is 0 Å². The molecule has 2 aliphatic heterocycles. The predicted molar refractivity (Wildman–Crippen MR) is 119 cm³/mol. The fourth-order valence-electron chi connectivity index (χ4n) is 4.45. The van der Waals surface area contributed by atoms with Gasteiger partial charge in [-0.1, -0.05) is 35.9 Å². The first-order valence-electron chi connectivity index (χ1n) is 10.8. The molecule has 1 amide bonds. The van der Waals surface area contributed by atoms with Gasteiger partial charge >= 0.3 is 0 Å². The number of amides is 1. The number of para-hydroxylation sites is 1. The number of rotatable bonds is 4. The van der Waals surface area contributed by atoms with Crippen LogP contribution in [0.25, 0.3) is 0 Å². The van der Waals surface area contributed by atoms with E-state index in [-0.39, 0.29) is 34.9 Å². The zero-order valence-electron chi connectivity index (χ0n) is 18.3. The number of ether oxygens (including phenoxy) is 1. The minimum atomic E-state index is -3.61. The van der Waals surface area contributed by atoms with E-state index in [0.717, 1.165) is 16.9 Å². The Morgan fingerprint density at radius 1 is 1.13 bits per heavy atom. The van der Waals surface area contributed by atoms with Crippen molar-refractivity contribution in [1.82, 2.24) is 9.62 Å². The highest BCUT2D eigenvalue weighted by Gasteiger charge is 2.37. The highest BCUT2D eigenvalue weighted by molar-refractivity contribution is 7.89. The van der Waals surface area contributed by atoms with Crippen molar-refractivity contribution in [1.29, 1.82) is 0 Å². The largest absolute Gasteiger partial charge is 0.487 e. The Labute approximate surface area is 184 Å². The Morgan fingerprint density at radius 2 is 1.84 bits per heavy atom. The molecule has 2 aromatic carbocycles. The van der Waals surface area contributed by atoms with Gasteiger partial charge in [-0.2, -0.15) is 4.31 Å². The Balaban J connectivity index is 1.49. The fraction of sp³-hybridized carbons (Fsp3) is 0.458. The summed E-state index contributed by atoms with van der Waals surface area (Å²) in [5.41, 5.74) is 1.59. The second-order valence-corrected chi connectivity index (χ2v) is 11.1. The summed E-state index contributed by atoms with van der Waals surface area (Å²) in [6.45, 7) is 6.59. The van der Waals surface area contributed by atoms with Crippen LogP contribution in [0, 0.1) is 12.8 Å². The van der Waals surface area contributed by atoms with Gasteiger partial charge in [-0.3, -0.25) is 4.79 Å². The van der Waals surface area contributed by atoms with Crippen molar-refractivity contribution in [2.24, 2.45) is 5.92 Å². The van der Waals surface area contributed by atoms with Crippen LogP contribution in [0.15, 0.2) is 53.4 Å². The first-order valence-corrected chi connectivity index (χ1v) is 12.2. The molecule has 2 aromatic rings. The van der Waals surface area contributed by atoms with Crippen LogP contribution >= 0.6 is 0 Å². The van der Waals surface area contributed by atoms with Gasteiger partial charge in [-0.25, -0.2) is 8.42 Å². The molecule has 1 N–H and O–H groups in total. The van der Waals surface area contributed by atoms with Crippen LogP contribution in [0.3, 0.4) is 0 Å². The number of fused-ring (bicyclic) bond motifs is 1. The molecule has 1 saturated heterocycles. The zero-order valence-corrected chi connectivity index (χ0v) is 19.1. The molecule has 31 heavy (non-hydrogen) atoms. The Morgan fingerprint density at radius 3 is 2.58 bits per heavy atom. The minimum absolute atomic E-state index is 0.0960. The van der Waals surface area contributed by atoms with Crippen molar-refractivity contribution in [2.45, 2.75) is 56.6 Å². The van der Waals surface area contributed by atoms with Gasteiger partial charge in [-0.15, -0.1) is 0 Å². The molecule has 2 aliphatic rings. The molecular formula is C24H30N2O4S. The van der Waals surface area contributed by atoms with Gasteiger partial charge in [-0.05, 0) is 51.8 Å². The summed E-state index contributed by atoms with van der Waals surface area (Å²) < 4.78 is 33.7. The van der Waals surface area contributed by atoms with Crippen molar-refractivity contribution >= 4 is 15.9 Å². The minimum Gasteiger partial charge on any atom is -0.487 e. The Kier molecular flexibility index (Phi) is 5.83. The summed E-state index contributed by atoms with van der Waals surface area (Å²) in [6.07, 6.45) is 2.01. The Hall–Kier alpha value is -2.38. The predicted octanol–water partition coefficient (Wildman–Crippen LogP) is 3.81. The average Bonchev–Trinajstić information content (AvgIpc) is 2.73. The zero-order chi connectivity index (χ0) is 22.2. The van der Waals surface area contributed by atoms with Gasteiger partial charge in [0, 0.05) is 25.1 Å². The molecule has 6 nitrogen and oxygen atoms in total. The van der Waals surface area contributed by atoms with Crippen molar-refractivity contribution in [3.8, 4) is 5.75 Å². The van der Waals surface area contributed by atoms with E-state index in [9.17, 15) is 13.2 Å². The summed E-state index contributed by atoms with van der Waals surface area (Å²) in [5.74, 6) is 0.324. The summed E-state index contributed by atoms with van der Waals surface area (Å²) in [7, 11) is -3.61. The van der Waals surface area contributed by atoms with E-state index in [2.05, 4.69) is 5.32 Å².